The molecule has 1 aliphatic heterocycles. The molecule has 1 aromatic carbocycles. The molecule has 1 aromatic rings. The summed E-state index contributed by atoms with van der Waals surface area (Å²) < 4.78 is 5.68. The SMILES string of the molecule is CCNC(=O)N1CCC(NC(=O)c2cc(Cl)ccc2OC(C)C)C1. The average Bonchev–Trinajstić information content (AvgIpc) is 2.97. The number of amides is 3. The number of urea groups is 1. The van der Waals surface area contributed by atoms with E-state index >= 15 is 0 Å². The molecule has 1 aliphatic rings. The number of nitrogens with one attached hydrogen (secondary N) is 2. The number of rotatable bonds is 5. The van der Waals surface area contributed by atoms with Crippen molar-refractivity contribution >= 4 is 23.5 Å². The van der Waals surface area contributed by atoms with Crippen molar-refractivity contribution in [1.82, 2.24) is 15.5 Å². The van der Waals surface area contributed by atoms with Gasteiger partial charge in [0.2, 0.25) is 0 Å². The van der Waals surface area contributed by atoms with Crippen LogP contribution in [0.3, 0.4) is 0 Å². The smallest absolute Gasteiger partial charge is 0.317 e. The second-order valence-corrected chi connectivity index (χ2v) is 6.48. The summed E-state index contributed by atoms with van der Waals surface area (Å²) in [6.45, 7) is 7.39. The molecule has 3 amide bonds. The normalized spacial score (nSPS) is 17.0. The Morgan fingerprint density at radius 2 is 2.17 bits per heavy atom. The molecule has 0 spiro atoms. The maximum absolute atomic E-state index is 12.6. The molecule has 0 bridgehead atoms. The molecule has 0 aliphatic carbocycles. The van der Waals surface area contributed by atoms with Crippen LogP contribution < -0.4 is 15.4 Å². The van der Waals surface area contributed by atoms with Crippen LogP contribution in [-0.4, -0.2) is 48.6 Å². The van der Waals surface area contributed by atoms with Gasteiger partial charge in [0.15, 0.2) is 0 Å². The molecule has 6 nitrogen and oxygen atoms in total. The van der Waals surface area contributed by atoms with Crippen molar-refractivity contribution in [2.45, 2.75) is 39.3 Å². The summed E-state index contributed by atoms with van der Waals surface area (Å²) in [6, 6.07) is 4.83. The molecular formula is C17H24ClN3O3. The summed E-state index contributed by atoms with van der Waals surface area (Å²) in [6.07, 6.45) is 0.682. The highest BCUT2D eigenvalue weighted by molar-refractivity contribution is 6.31. The molecule has 132 valence electrons. The molecule has 1 atom stereocenters. The highest BCUT2D eigenvalue weighted by Gasteiger charge is 2.28. The number of benzene rings is 1. The lowest BCUT2D eigenvalue weighted by Crippen LogP contribution is -2.42. The summed E-state index contributed by atoms with van der Waals surface area (Å²) >= 11 is 6.02. The van der Waals surface area contributed by atoms with Crippen molar-refractivity contribution in [2.24, 2.45) is 0 Å². The quantitative estimate of drug-likeness (QED) is 0.855. The summed E-state index contributed by atoms with van der Waals surface area (Å²) in [4.78, 5) is 26.1. The van der Waals surface area contributed by atoms with Crippen LogP contribution >= 0.6 is 11.6 Å². The average molecular weight is 354 g/mol. The topological polar surface area (TPSA) is 70.7 Å². The van der Waals surface area contributed by atoms with Crippen LogP contribution in [-0.2, 0) is 0 Å². The van der Waals surface area contributed by atoms with E-state index < -0.39 is 0 Å². The van der Waals surface area contributed by atoms with Gasteiger partial charge < -0.3 is 20.3 Å². The minimum Gasteiger partial charge on any atom is -0.490 e. The van der Waals surface area contributed by atoms with Gasteiger partial charge in [0.05, 0.1) is 11.7 Å². The standard InChI is InChI=1S/C17H24ClN3O3/c1-4-19-17(23)21-8-7-13(10-21)20-16(22)14-9-12(18)5-6-15(14)24-11(2)3/h5-6,9,11,13H,4,7-8,10H2,1-3H3,(H,19,23)(H,20,22). The number of likely N-dealkylation sites (tertiary alicyclic amines) is 1. The molecular weight excluding hydrogens is 330 g/mol. The van der Waals surface area contributed by atoms with Gasteiger partial charge in [-0.05, 0) is 45.4 Å². The van der Waals surface area contributed by atoms with Crippen LogP contribution in [0.5, 0.6) is 5.75 Å². The van der Waals surface area contributed by atoms with Crippen molar-refractivity contribution < 1.29 is 14.3 Å². The van der Waals surface area contributed by atoms with Crippen molar-refractivity contribution in [1.29, 1.82) is 0 Å². The van der Waals surface area contributed by atoms with E-state index in [2.05, 4.69) is 10.6 Å². The van der Waals surface area contributed by atoms with E-state index in [0.29, 0.717) is 36.0 Å². The first kappa shape index (κ1) is 18.4. The molecule has 0 radical (unpaired) electrons. The third-order valence-corrected chi connectivity index (χ3v) is 3.92. The molecule has 1 heterocycles. The van der Waals surface area contributed by atoms with Gasteiger partial charge >= 0.3 is 6.03 Å². The van der Waals surface area contributed by atoms with Crippen LogP contribution in [0.4, 0.5) is 4.79 Å². The Hall–Kier alpha value is -1.95. The van der Waals surface area contributed by atoms with E-state index in [1.807, 2.05) is 20.8 Å². The largest absolute Gasteiger partial charge is 0.490 e. The van der Waals surface area contributed by atoms with E-state index in [4.69, 9.17) is 16.3 Å². The number of nitrogens with zero attached hydrogens (tertiary/aromatic N) is 1. The minimum atomic E-state index is -0.240. The maximum atomic E-state index is 12.6. The Labute approximate surface area is 147 Å². The highest BCUT2D eigenvalue weighted by atomic mass is 35.5. The summed E-state index contributed by atoms with van der Waals surface area (Å²) in [5.74, 6) is 0.265. The van der Waals surface area contributed by atoms with Gasteiger partial charge in [0, 0.05) is 30.7 Å². The fraction of sp³-hybridized carbons (Fsp3) is 0.529. The molecule has 7 heteroatoms. The van der Waals surface area contributed by atoms with Crippen molar-refractivity contribution in [3.63, 3.8) is 0 Å². The first-order valence-corrected chi connectivity index (χ1v) is 8.58. The Balaban J connectivity index is 2.03. The van der Waals surface area contributed by atoms with E-state index in [0.717, 1.165) is 6.42 Å². The van der Waals surface area contributed by atoms with Gasteiger partial charge in [-0.3, -0.25) is 4.79 Å². The Morgan fingerprint density at radius 3 is 2.83 bits per heavy atom. The van der Waals surface area contributed by atoms with Gasteiger partial charge in [-0.25, -0.2) is 4.79 Å². The number of halogens is 1. The maximum Gasteiger partial charge on any atom is 0.317 e. The zero-order valence-electron chi connectivity index (χ0n) is 14.3. The minimum absolute atomic E-state index is 0.0440. The summed E-state index contributed by atoms with van der Waals surface area (Å²) in [7, 11) is 0. The first-order chi connectivity index (χ1) is 11.4. The van der Waals surface area contributed by atoms with E-state index in [1.165, 1.54) is 0 Å². The second-order valence-electron chi connectivity index (χ2n) is 6.05. The van der Waals surface area contributed by atoms with Crippen molar-refractivity contribution in [3.05, 3.63) is 28.8 Å². The molecule has 1 fully saturated rings. The third kappa shape index (κ3) is 4.77. The monoisotopic (exact) mass is 353 g/mol. The zero-order chi connectivity index (χ0) is 17.7. The number of carbonyl (C=O) groups is 2. The van der Waals surface area contributed by atoms with Gasteiger partial charge in [-0.1, -0.05) is 11.6 Å². The summed E-state index contributed by atoms with van der Waals surface area (Å²) in [5.41, 5.74) is 0.410. The molecule has 0 aromatic heterocycles. The predicted molar refractivity (Wildman–Crippen MR) is 93.7 cm³/mol. The fourth-order valence-corrected chi connectivity index (χ4v) is 2.80. The number of hydrogen-bond acceptors (Lipinski definition) is 3. The van der Waals surface area contributed by atoms with Crippen molar-refractivity contribution in [3.8, 4) is 5.75 Å². The Kier molecular flexibility index (Phi) is 6.31. The molecule has 1 unspecified atom stereocenters. The Morgan fingerprint density at radius 1 is 1.42 bits per heavy atom. The number of ether oxygens (including phenoxy) is 1. The van der Waals surface area contributed by atoms with Crippen molar-refractivity contribution in [2.75, 3.05) is 19.6 Å². The lowest BCUT2D eigenvalue weighted by Gasteiger charge is -2.18. The molecule has 24 heavy (non-hydrogen) atoms. The van der Waals surface area contributed by atoms with Crippen LogP contribution in [0.15, 0.2) is 18.2 Å². The second kappa shape index (κ2) is 8.24. The van der Waals surface area contributed by atoms with Crippen LogP contribution in [0.1, 0.15) is 37.6 Å². The molecule has 0 saturated carbocycles. The van der Waals surface area contributed by atoms with Crippen LogP contribution in [0.25, 0.3) is 0 Å². The number of hydrogen-bond donors (Lipinski definition) is 2. The molecule has 2 N–H and O–H groups in total. The summed E-state index contributed by atoms with van der Waals surface area (Å²) in [5, 5.41) is 6.21. The van der Waals surface area contributed by atoms with E-state index in [-0.39, 0.29) is 24.1 Å². The first-order valence-electron chi connectivity index (χ1n) is 8.20. The van der Waals surface area contributed by atoms with Gasteiger partial charge in [-0.15, -0.1) is 0 Å². The highest BCUT2D eigenvalue weighted by Crippen LogP contribution is 2.24. The van der Waals surface area contributed by atoms with Crippen LogP contribution in [0, 0.1) is 0 Å². The molecule has 1 saturated heterocycles. The third-order valence-electron chi connectivity index (χ3n) is 3.69. The Bertz CT molecular complexity index is 607. The molecule has 2 rings (SSSR count). The predicted octanol–water partition coefficient (Wildman–Crippen LogP) is 2.66. The van der Waals surface area contributed by atoms with Gasteiger partial charge in [-0.2, -0.15) is 0 Å². The van der Waals surface area contributed by atoms with Gasteiger partial charge in [0.1, 0.15) is 5.75 Å². The van der Waals surface area contributed by atoms with Gasteiger partial charge in [0.25, 0.3) is 5.91 Å². The number of carbonyl (C=O) groups excluding carboxylic acids is 2. The lowest BCUT2D eigenvalue weighted by atomic mass is 10.1. The zero-order valence-corrected chi connectivity index (χ0v) is 15.0. The van der Waals surface area contributed by atoms with Crippen LogP contribution in [0.2, 0.25) is 5.02 Å². The lowest BCUT2D eigenvalue weighted by molar-refractivity contribution is 0.0932. The van der Waals surface area contributed by atoms with E-state index in [1.54, 1.807) is 23.1 Å². The fourth-order valence-electron chi connectivity index (χ4n) is 2.63. The van der Waals surface area contributed by atoms with E-state index in [9.17, 15) is 9.59 Å².